The first-order valence-electron chi connectivity index (χ1n) is 8.38. The summed E-state index contributed by atoms with van der Waals surface area (Å²) in [4.78, 5) is 19.2. The zero-order valence-electron chi connectivity index (χ0n) is 14.5. The number of urea groups is 1. The van der Waals surface area contributed by atoms with Crippen molar-refractivity contribution in [3.05, 3.63) is 40.3 Å². The molecular formula is C18H23N3O3S. The number of carbonyl (C=O) groups excluding carboxylic acids is 1. The highest BCUT2D eigenvalue weighted by atomic mass is 32.1. The van der Waals surface area contributed by atoms with E-state index in [9.17, 15) is 4.79 Å². The van der Waals surface area contributed by atoms with Crippen molar-refractivity contribution in [1.82, 2.24) is 9.88 Å². The third-order valence-corrected chi connectivity index (χ3v) is 4.85. The minimum Gasteiger partial charge on any atom is -0.491 e. The molecule has 1 atom stereocenters. The van der Waals surface area contributed by atoms with Gasteiger partial charge < -0.3 is 19.7 Å². The van der Waals surface area contributed by atoms with Crippen LogP contribution >= 0.6 is 11.3 Å². The Bertz CT molecular complexity index is 713. The molecule has 0 bridgehead atoms. The quantitative estimate of drug-likeness (QED) is 0.853. The highest BCUT2D eigenvalue weighted by Gasteiger charge is 2.16. The van der Waals surface area contributed by atoms with Gasteiger partial charge in [0.25, 0.3) is 0 Å². The number of aromatic nitrogens is 1. The molecule has 1 aromatic heterocycles. The molecule has 25 heavy (non-hydrogen) atoms. The molecule has 1 saturated heterocycles. The van der Waals surface area contributed by atoms with Crippen LogP contribution in [0.15, 0.2) is 30.5 Å². The molecule has 1 N–H and O–H groups in total. The number of thiazole rings is 1. The predicted molar refractivity (Wildman–Crippen MR) is 98.2 cm³/mol. The summed E-state index contributed by atoms with van der Waals surface area (Å²) in [5.41, 5.74) is 0.710. The first-order valence-corrected chi connectivity index (χ1v) is 9.19. The number of aryl methyl sites for hydroxylation is 1. The van der Waals surface area contributed by atoms with Crippen LogP contribution in [0.4, 0.5) is 10.5 Å². The third kappa shape index (κ3) is 5.17. The molecule has 2 aromatic rings. The summed E-state index contributed by atoms with van der Waals surface area (Å²) in [5.74, 6) is 0.731. The number of nitrogens with one attached hydrogen (secondary N) is 1. The Hall–Kier alpha value is -2.12. The molecule has 1 fully saturated rings. The highest BCUT2D eigenvalue weighted by molar-refractivity contribution is 7.11. The fraction of sp³-hybridized carbons (Fsp3) is 0.444. The average Bonchev–Trinajstić information content (AvgIpc) is 3.25. The molecule has 1 aliphatic rings. The van der Waals surface area contributed by atoms with Gasteiger partial charge >= 0.3 is 6.03 Å². The van der Waals surface area contributed by atoms with Gasteiger partial charge in [-0.2, -0.15) is 0 Å². The van der Waals surface area contributed by atoms with Gasteiger partial charge in [-0.05, 0) is 31.9 Å². The maximum atomic E-state index is 12.3. The zero-order chi connectivity index (χ0) is 17.6. The molecular weight excluding hydrogens is 338 g/mol. The maximum absolute atomic E-state index is 12.3. The Kier molecular flexibility index (Phi) is 5.88. The van der Waals surface area contributed by atoms with E-state index in [1.54, 1.807) is 23.3 Å². The second-order valence-corrected chi connectivity index (χ2v) is 7.42. The van der Waals surface area contributed by atoms with Gasteiger partial charge in [-0.15, -0.1) is 11.3 Å². The lowest BCUT2D eigenvalue weighted by Gasteiger charge is -2.17. The van der Waals surface area contributed by atoms with Crippen LogP contribution in [0.2, 0.25) is 0 Å². The van der Waals surface area contributed by atoms with E-state index in [4.69, 9.17) is 9.47 Å². The van der Waals surface area contributed by atoms with E-state index in [-0.39, 0.29) is 12.1 Å². The van der Waals surface area contributed by atoms with E-state index in [0.717, 1.165) is 35.1 Å². The summed E-state index contributed by atoms with van der Waals surface area (Å²) in [6.07, 6.45) is 4.12. The number of hydrogen-bond acceptors (Lipinski definition) is 5. The summed E-state index contributed by atoms with van der Waals surface area (Å²) < 4.78 is 11.3. The van der Waals surface area contributed by atoms with Crippen LogP contribution in [-0.2, 0) is 11.3 Å². The lowest BCUT2D eigenvalue weighted by Crippen LogP contribution is -2.30. The smallest absolute Gasteiger partial charge is 0.321 e. The lowest BCUT2D eigenvalue weighted by molar-refractivity contribution is 0.0680. The minimum atomic E-state index is -0.165. The summed E-state index contributed by atoms with van der Waals surface area (Å²) >= 11 is 1.60. The fourth-order valence-electron chi connectivity index (χ4n) is 2.63. The Balaban J connectivity index is 1.52. The number of amides is 2. The second kappa shape index (κ2) is 8.31. The Morgan fingerprint density at radius 3 is 3.12 bits per heavy atom. The van der Waals surface area contributed by atoms with E-state index in [1.807, 2.05) is 37.4 Å². The Morgan fingerprint density at radius 2 is 2.40 bits per heavy atom. The van der Waals surface area contributed by atoms with Crippen LogP contribution in [-0.4, -0.2) is 42.3 Å². The number of hydrogen-bond donors (Lipinski definition) is 1. The molecule has 1 aliphatic heterocycles. The van der Waals surface area contributed by atoms with Gasteiger partial charge in [0.1, 0.15) is 12.4 Å². The number of carbonyl (C=O) groups is 1. The van der Waals surface area contributed by atoms with Crippen molar-refractivity contribution in [2.24, 2.45) is 0 Å². The van der Waals surface area contributed by atoms with Gasteiger partial charge in [0.15, 0.2) is 0 Å². The predicted octanol–water partition coefficient (Wildman–Crippen LogP) is 3.67. The van der Waals surface area contributed by atoms with Gasteiger partial charge in [-0.25, -0.2) is 9.78 Å². The lowest BCUT2D eigenvalue weighted by atomic mass is 10.2. The average molecular weight is 361 g/mol. The number of anilines is 1. The summed E-state index contributed by atoms with van der Waals surface area (Å²) in [7, 11) is 1.77. The fourth-order valence-corrected chi connectivity index (χ4v) is 3.48. The molecule has 2 heterocycles. The first-order chi connectivity index (χ1) is 12.1. The molecule has 2 amide bonds. The zero-order valence-corrected chi connectivity index (χ0v) is 15.3. The number of nitrogens with zero attached hydrogens (tertiary/aromatic N) is 2. The Morgan fingerprint density at radius 1 is 1.52 bits per heavy atom. The van der Waals surface area contributed by atoms with E-state index >= 15 is 0 Å². The molecule has 1 aromatic carbocycles. The van der Waals surface area contributed by atoms with Crippen molar-refractivity contribution < 1.29 is 14.3 Å². The van der Waals surface area contributed by atoms with Gasteiger partial charge in [0.05, 0.1) is 17.7 Å². The standard InChI is InChI=1S/C18H23N3O3S/c1-13-19-10-17(25-13)11-21(2)18(22)20-14-5-3-6-15(9-14)24-12-16-7-4-8-23-16/h3,5-6,9-10,16H,4,7-8,11-12H2,1-2H3,(H,20,22). The summed E-state index contributed by atoms with van der Waals surface area (Å²) in [6.45, 7) is 3.85. The number of ether oxygens (including phenoxy) is 2. The van der Waals surface area contributed by atoms with E-state index in [0.29, 0.717) is 18.8 Å². The molecule has 7 heteroatoms. The second-order valence-electron chi connectivity index (χ2n) is 6.11. The van der Waals surface area contributed by atoms with Crippen LogP contribution in [0.5, 0.6) is 5.75 Å². The first kappa shape index (κ1) is 17.7. The van der Waals surface area contributed by atoms with Crippen LogP contribution in [0.25, 0.3) is 0 Å². The van der Waals surface area contributed by atoms with Crippen LogP contribution in [0, 0.1) is 6.92 Å². The van der Waals surface area contributed by atoms with Gasteiger partial charge in [0.2, 0.25) is 0 Å². The third-order valence-electron chi connectivity index (χ3n) is 3.95. The van der Waals surface area contributed by atoms with Crippen molar-refractivity contribution in [1.29, 1.82) is 0 Å². The van der Waals surface area contributed by atoms with Crippen molar-refractivity contribution in [2.75, 3.05) is 25.6 Å². The molecule has 0 saturated carbocycles. The molecule has 0 aliphatic carbocycles. The summed E-state index contributed by atoms with van der Waals surface area (Å²) in [6, 6.07) is 7.27. The molecule has 0 radical (unpaired) electrons. The van der Waals surface area contributed by atoms with E-state index in [1.165, 1.54) is 0 Å². The monoisotopic (exact) mass is 361 g/mol. The molecule has 0 spiro atoms. The highest BCUT2D eigenvalue weighted by Crippen LogP contribution is 2.20. The van der Waals surface area contributed by atoms with Gasteiger partial charge in [0, 0.05) is 36.5 Å². The van der Waals surface area contributed by atoms with E-state index < -0.39 is 0 Å². The van der Waals surface area contributed by atoms with Crippen molar-refractivity contribution in [3.63, 3.8) is 0 Å². The maximum Gasteiger partial charge on any atom is 0.321 e. The van der Waals surface area contributed by atoms with Crippen molar-refractivity contribution >= 4 is 23.1 Å². The topological polar surface area (TPSA) is 63.7 Å². The van der Waals surface area contributed by atoms with Crippen molar-refractivity contribution in [3.8, 4) is 5.75 Å². The molecule has 1 unspecified atom stereocenters. The van der Waals surface area contributed by atoms with Crippen LogP contribution in [0.3, 0.4) is 0 Å². The summed E-state index contributed by atoms with van der Waals surface area (Å²) in [5, 5.41) is 3.90. The largest absolute Gasteiger partial charge is 0.491 e. The Labute approximate surface area is 151 Å². The van der Waals surface area contributed by atoms with Crippen molar-refractivity contribution in [2.45, 2.75) is 32.4 Å². The minimum absolute atomic E-state index is 0.165. The van der Waals surface area contributed by atoms with Gasteiger partial charge in [-0.3, -0.25) is 0 Å². The van der Waals surface area contributed by atoms with Crippen LogP contribution < -0.4 is 10.1 Å². The molecule has 6 nitrogen and oxygen atoms in total. The molecule has 134 valence electrons. The van der Waals surface area contributed by atoms with Crippen LogP contribution in [0.1, 0.15) is 22.7 Å². The SMILES string of the molecule is Cc1ncc(CN(C)C(=O)Nc2cccc(OCC3CCCO3)c2)s1. The van der Waals surface area contributed by atoms with E-state index in [2.05, 4.69) is 10.3 Å². The van der Waals surface area contributed by atoms with Gasteiger partial charge in [-0.1, -0.05) is 6.07 Å². The normalized spacial score (nSPS) is 16.6. The number of benzene rings is 1. The molecule has 3 rings (SSSR count). The number of rotatable bonds is 6.